The molecule has 0 spiro atoms. The van der Waals surface area contributed by atoms with E-state index in [9.17, 15) is 5.11 Å². The van der Waals surface area contributed by atoms with E-state index >= 15 is 0 Å². The smallest absolute Gasteiger partial charge is 0.0579 e. The third-order valence-corrected chi connectivity index (χ3v) is 5.33. The van der Waals surface area contributed by atoms with Crippen molar-refractivity contribution in [1.82, 2.24) is 0 Å². The maximum atomic E-state index is 9.79. The van der Waals surface area contributed by atoms with E-state index < -0.39 is 0 Å². The molecule has 0 amide bonds. The predicted molar refractivity (Wildman–Crippen MR) is 101 cm³/mol. The highest BCUT2D eigenvalue weighted by Gasteiger charge is 2.24. The van der Waals surface area contributed by atoms with Gasteiger partial charge in [0.15, 0.2) is 0 Å². The van der Waals surface area contributed by atoms with Gasteiger partial charge in [-0.05, 0) is 51.4 Å². The van der Waals surface area contributed by atoms with Gasteiger partial charge in [0, 0.05) is 6.61 Å². The summed E-state index contributed by atoms with van der Waals surface area (Å²) in [5.41, 5.74) is 0. The third kappa shape index (κ3) is 11.4. The molecule has 0 bridgehead atoms. The molecule has 144 valence electrons. The van der Waals surface area contributed by atoms with Crippen molar-refractivity contribution in [3.05, 3.63) is 0 Å². The highest BCUT2D eigenvalue weighted by atomic mass is 16.5. The molecular formula is C21H42O3. The van der Waals surface area contributed by atoms with Crippen LogP contribution in [-0.4, -0.2) is 35.1 Å². The van der Waals surface area contributed by atoms with Crippen LogP contribution in [0.25, 0.3) is 0 Å². The first-order valence-corrected chi connectivity index (χ1v) is 10.7. The minimum absolute atomic E-state index is 0.184. The number of aliphatic hydroxyl groups excluding tert-OH is 2. The van der Waals surface area contributed by atoms with Crippen LogP contribution < -0.4 is 0 Å². The Kier molecular flexibility index (Phi) is 13.8. The number of aliphatic hydroxyl groups is 2. The normalized spacial score (nSPS) is 22.1. The van der Waals surface area contributed by atoms with Crippen molar-refractivity contribution in [2.24, 2.45) is 0 Å². The summed E-state index contributed by atoms with van der Waals surface area (Å²) < 4.78 is 6.16. The Bertz CT molecular complexity index is 270. The average molecular weight is 343 g/mol. The second-order valence-corrected chi connectivity index (χ2v) is 7.67. The van der Waals surface area contributed by atoms with Gasteiger partial charge in [-0.1, -0.05) is 58.3 Å². The van der Waals surface area contributed by atoms with Gasteiger partial charge < -0.3 is 14.9 Å². The Balaban J connectivity index is 1.90. The first-order valence-electron chi connectivity index (χ1n) is 10.7. The highest BCUT2D eigenvalue weighted by molar-refractivity contribution is 4.74. The van der Waals surface area contributed by atoms with Gasteiger partial charge >= 0.3 is 0 Å². The molecule has 1 aliphatic rings. The van der Waals surface area contributed by atoms with Gasteiger partial charge in [-0.15, -0.1) is 0 Å². The lowest BCUT2D eigenvalue weighted by Crippen LogP contribution is -2.13. The van der Waals surface area contributed by atoms with Crippen LogP contribution in [0.1, 0.15) is 110 Å². The molecule has 0 aromatic carbocycles. The largest absolute Gasteiger partial charge is 0.396 e. The Hall–Kier alpha value is -0.120. The van der Waals surface area contributed by atoms with Crippen molar-refractivity contribution >= 4 is 0 Å². The molecule has 0 aliphatic carbocycles. The zero-order chi connectivity index (χ0) is 17.5. The maximum absolute atomic E-state index is 9.79. The summed E-state index contributed by atoms with van der Waals surface area (Å²) in [5.74, 6) is 0. The standard InChI is InChI=1S/C21H42O3/c1-2-3-4-5-6-7-8-9-14-20-16-17-21(24-20)15-10-12-19(23)13-11-18-22/h19-23H,2-18H2,1H3. The SMILES string of the molecule is CCCCCCCCCCC1CCC(CCCC(O)CCCO)O1. The van der Waals surface area contributed by atoms with Crippen LogP contribution >= 0.6 is 0 Å². The highest BCUT2D eigenvalue weighted by Crippen LogP contribution is 2.27. The summed E-state index contributed by atoms with van der Waals surface area (Å²) in [5, 5.41) is 18.6. The summed E-state index contributed by atoms with van der Waals surface area (Å²) in [6, 6.07) is 0. The minimum Gasteiger partial charge on any atom is -0.396 e. The monoisotopic (exact) mass is 342 g/mol. The number of ether oxygens (including phenoxy) is 1. The van der Waals surface area contributed by atoms with Crippen LogP contribution in [0.15, 0.2) is 0 Å². The molecule has 0 radical (unpaired) electrons. The van der Waals surface area contributed by atoms with Crippen LogP contribution in [0.2, 0.25) is 0 Å². The van der Waals surface area contributed by atoms with E-state index in [0.29, 0.717) is 18.6 Å². The topological polar surface area (TPSA) is 49.7 Å². The molecule has 3 unspecified atom stereocenters. The van der Waals surface area contributed by atoms with Crippen LogP contribution in [0.5, 0.6) is 0 Å². The molecule has 24 heavy (non-hydrogen) atoms. The number of hydrogen-bond donors (Lipinski definition) is 2. The van der Waals surface area contributed by atoms with E-state index in [-0.39, 0.29) is 12.7 Å². The number of unbranched alkanes of at least 4 members (excludes halogenated alkanes) is 7. The number of rotatable bonds is 16. The van der Waals surface area contributed by atoms with Gasteiger partial charge in [-0.2, -0.15) is 0 Å². The molecule has 0 aromatic heterocycles. The van der Waals surface area contributed by atoms with E-state index in [2.05, 4.69) is 6.92 Å². The number of hydrogen-bond acceptors (Lipinski definition) is 3. The van der Waals surface area contributed by atoms with Gasteiger partial charge in [0.05, 0.1) is 18.3 Å². The lowest BCUT2D eigenvalue weighted by atomic mass is 10.0. The molecule has 3 atom stereocenters. The Morgan fingerprint density at radius 1 is 0.792 bits per heavy atom. The first kappa shape index (κ1) is 21.9. The quantitative estimate of drug-likeness (QED) is 0.371. The van der Waals surface area contributed by atoms with Gasteiger partial charge in [0.25, 0.3) is 0 Å². The van der Waals surface area contributed by atoms with Crippen LogP contribution in [0.3, 0.4) is 0 Å². The summed E-state index contributed by atoms with van der Waals surface area (Å²) in [6.45, 7) is 2.46. The van der Waals surface area contributed by atoms with Gasteiger partial charge in [0.1, 0.15) is 0 Å². The fraction of sp³-hybridized carbons (Fsp3) is 1.00. The summed E-state index contributed by atoms with van der Waals surface area (Å²) >= 11 is 0. The second kappa shape index (κ2) is 15.2. The van der Waals surface area contributed by atoms with Crippen molar-refractivity contribution in [3.63, 3.8) is 0 Å². The van der Waals surface area contributed by atoms with E-state index in [1.165, 1.54) is 70.6 Å². The molecule has 1 aliphatic heterocycles. The predicted octanol–water partition coefficient (Wildman–Crippen LogP) is 5.37. The van der Waals surface area contributed by atoms with Crippen molar-refractivity contribution in [3.8, 4) is 0 Å². The fourth-order valence-electron chi connectivity index (χ4n) is 3.76. The zero-order valence-electron chi connectivity index (χ0n) is 16.1. The second-order valence-electron chi connectivity index (χ2n) is 7.67. The van der Waals surface area contributed by atoms with E-state index in [1.807, 2.05) is 0 Å². The van der Waals surface area contributed by atoms with Gasteiger partial charge in [-0.3, -0.25) is 0 Å². The molecule has 1 rings (SSSR count). The molecule has 1 fully saturated rings. The molecule has 1 saturated heterocycles. The first-order chi connectivity index (χ1) is 11.8. The van der Waals surface area contributed by atoms with E-state index in [4.69, 9.17) is 9.84 Å². The molecule has 3 nitrogen and oxygen atoms in total. The lowest BCUT2D eigenvalue weighted by molar-refractivity contribution is 0.0310. The molecule has 0 saturated carbocycles. The zero-order valence-corrected chi connectivity index (χ0v) is 16.1. The molecule has 3 heteroatoms. The summed E-state index contributed by atoms with van der Waals surface area (Å²) in [6.07, 6.45) is 19.8. The maximum Gasteiger partial charge on any atom is 0.0579 e. The van der Waals surface area contributed by atoms with E-state index in [1.54, 1.807) is 0 Å². The molecule has 1 heterocycles. The van der Waals surface area contributed by atoms with Crippen molar-refractivity contribution < 1.29 is 14.9 Å². The average Bonchev–Trinajstić information content (AvgIpc) is 3.03. The van der Waals surface area contributed by atoms with Crippen LogP contribution in [0, 0.1) is 0 Å². The summed E-state index contributed by atoms with van der Waals surface area (Å²) in [7, 11) is 0. The van der Waals surface area contributed by atoms with Crippen molar-refractivity contribution in [2.45, 2.75) is 128 Å². The Morgan fingerprint density at radius 3 is 1.96 bits per heavy atom. The van der Waals surface area contributed by atoms with Crippen LogP contribution in [0.4, 0.5) is 0 Å². The summed E-state index contributed by atoms with van der Waals surface area (Å²) in [4.78, 5) is 0. The van der Waals surface area contributed by atoms with Crippen molar-refractivity contribution in [2.75, 3.05) is 6.61 Å². The third-order valence-electron chi connectivity index (χ3n) is 5.33. The minimum atomic E-state index is -0.244. The lowest BCUT2D eigenvalue weighted by Gasteiger charge is -2.15. The molecule has 0 aromatic rings. The van der Waals surface area contributed by atoms with Gasteiger partial charge in [0.2, 0.25) is 0 Å². The fourth-order valence-corrected chi connectivity index (χ4v) is 3.76. The Morgan fingerprint density at radius 2 is 1.33 bits per heavy atom. The van der Waals surface area contributed by atoms with E-state index in [0.717, 1.165) is 25.7 Å². The van der Waals surface area contributed by atoms with Gasteiger partial charge in [-0.25, -0.2) is 0 Å². The Labute approximate surface area is 150 Å². The molecule has 2 N–H and O–H groups in total. The molecular weight excluding hydrogens is 300 g/mol. The van der Waals surface area contributed by atoms with Crippen molar-refractivity contribution in [1.29, 1.82) is 0 Å². The van der Waals surface area contributed by atoms with Crippen LogP contribution in [-0.2, 0) is 4.74 Å².